The summed E-state index contributed by atoms with van der Waals surface area (Å²) in [5, 5.41) is 5.49. The predicted molar refractivity (Wildman–Crippen MR) is 131 cm³/mol. The fourth-order valence-electron chi connectivity index (χ4n) is 2.98. The second-order valence-electron chi connectivity index (χ2n) is 9.74. The largest absolute Gasteiger partial charge is 0.444 e. The molecule has 0 radical (unpaired) electrons. The number of benzene rings is 2. The van der Waals surface area contributed by atoms with Gasteiger partial charge in [0.25, 0.3) is 0 Å². The van der Waals surface area contributed by atoms with Crippen molar-refractivity contribution < 1.29 is 19.1 Å². The molecule has 176 valence electrons. The number of anilines is 1. The maximum atomic E-state index is 13.0. The van der Waals surface area contributed by atoms with Gasteiger partial charge >= 0.3 is 6.09 Å². The lowest BCUT2D eigenvalue weighted by Crippen LogP contribution is -2.53. The third-order valence-corrected chi connectivity index (χ3v) is 4.24. The van der Waals surface area contributed by atoms with Gasteiger partial charge in [-0.05, 0) is 84.9 Å². The van der Waals surface area contributed by atoms with Gasteiger partial charge in [-0.2, -0.15) is 0 Å². The van der Waals surface area contributed by atoms with Crippen molar-refractivity contribution in [3.63, 3.8) is 0 Å². The second kappa shape index (κ2) is 11.0. The van der Waals surface area contributed by atoms with Gasteiger partial charge in [-0.1, -0.05) is 30.0 Å². The fourth-order valence-corrected chi connectivity index (χ4v) is 2.98. The normalized spacial score (nSPS) is 13.2. The number of hydrogen-bond donors (Lipinski definition) is 2. The van der Waals surface area contributed by atoms with Crippen molar-refractivity contribution in [2.45, 2.75) is 71.8 Å². The lowest BCUT2D eigenvalue weighted by molar-refractivity contribution is -0.126. The highest BCUT2D eigenvalue weighted by molar-refractivity contribution is 5.97. The Morgan fingerprint density at radius 3 is 1.88 bits per heavy atom. The summed E-state index contributed by atoms with van der Waals surface area (Å²) >= 11 is 0. The molecule has 2 N–H and O–H groups in total. The van der Waals surface area contributed by atoms with Crippen LogP contribution in [0.1, 0.15) is 59.6 Å². The molecule has 0 heterocycles. The summed E-state index contributed by atoms with van der Waals surface area (Å²) in [7, 11) is 0. The van der Waals surface area contributed by atoms with E-state index < -0.39 is 35.3 Å². The van der Waals surface area contributed by atoms with E-state index >= 15 is 0 Å². The van der Waals surface area contributed by atoms with E-state index in [1.165, 1.54) is 0 Å². The van der Waals surface area contributed by atoms with E-state index in [0.717, 1.165) is 11.1 Å². The summed E-state index contributed by atoms with van der Waals surface area (Å²) in [5.41, 5.74) is 1.16. The van der Waals surface area contributed by atoms with Crippen molar-refractivity contribution in [1.82, 2.24) is 5.32 Å². The monoisotopic (exact) mass is 450 g/mol. The first-order chi connectivity index (χ1) is 15.3. The Bertz CT molecular complexity index is 991. The molecule has 0 aliphatic heterocycles. The first-order valence-corrected chi connectivity index (χ1v) is 11.0. The van der Waals surface area contributed by atoms with Crippen molar-refractivity contribution in [1.29, 1.82) is 0 Å². The topological polar surface area (TPSA) is 76.7 Å². The van der Waals surface area contributed by atoms with Gasteiger partial charge in [0.05, 0.1) is 11.7 Å². The van der Waals surface area contributed by atoms with Gasteiger partial charge in [-0.15, -0.1) is 0 Å². The summed E-state index contributed by atoms with van der Waals surface area (Å²) in [6.45, 7) is 12.7. The molecular formula is C27H34N2O4. The molecule has 0 aliphatic carbocycles. The number of ether oxygens (including phenoxy) is 2. The summed E-state index contributed by atoms with van der Waals surface area (Å²) < 4.78 is 11.3. The minimum atomic E-state index is -0.948. The van der Waals surface area contributed by atoms with Gasteiger partial charge in [-0.3, -0.25) is 4.79 Å². The van der Waals surface area contributed by atoms with E-state index in [4.69, 9.17) is 9.47 Å². The van der Waals surface area contributed by atoms with Gasteiger partial charge in [0.1, 0.15) is 11.6 Å². The number of alkyl carbamates (subject to hydrolysis) is 1. The molecule has 2 amide bonds. The van der Waals surface area contributed by atoms with Crippen LogP contribution in [0, 0.1) is 11.8 Å². The zero-order chi connectivity index (χ0) is 24.6. The lowest BCUT2D eigenvalue weighted by atomic mass is 10.1. The number of amides is 2. The van der Waals surface area contributed by atoms with Crippen molar-refractivity contribution in [3.05, 3.63) is 65.7 Å². The van der Waals surface area contributed by atoms with Gasteiger partial charge in [0.15, 0.2) is 0 Å². The lowest BCUT2D eigenvalue weighted by Gasteiger charge is -2.31. The van der Waals surface area contributed by atoms with Crippen LogP contribution < -0.4 is 10.6 Å². The maximum absolute atomic E-state index is 13.0. The molecule has 0 aromatic heterocycles. The fraction of sp³-hybridized carbons (Fsp3) is 0.407. The van der Waals surface area contributed by atoms with Gasteiger partial charge < -0.3 is 20.1 Å². The van der Waals surface area contributed by atoms with E-state index in [9.17, 15) is 9.59 Å². The highest BCUT2D eigenvalue weighted by Crippen LogP contribution is 2.16. The molecule has 0 saturated carbocycles. The summed E-state index contributed by atoms with van der Waals surface area (Å²) in [4.78, 5) is 25.4. The van der Waals surface area contributed by atoms with Crippen LogP contribution in [0.15, 0.2) is 54.6 Å². The number of carbonyl (C=O) groups is 2. The molecule has 2 rings (SSSR count). The average molecular weight is 451 g/mol. The maximum Gasteiger partial charge on any atom is 0.408 e. The zero-order valence-electron chi connectivity index (χ0n) is 20.5. The smallest absolute Gasteiger partial charge is 0.408 e. The minimum absolute atomic E-state index is 0.402. The molecule has 2 aromatic carbocycles. The molecule has 33 heavy (non-hydrogen) atoms. The molecule has 0 fully saturated rings. The quantitative estimate of drug-likeness (QED) is 0.620. The Balaban J connectivity index is 2.11. The second-order valence-corrected chi connectivity index (χ2v) is 9.74. The Morgan fingerprint density at radius 1 is 0.818 bits per heavy atom. The molecule has 0 bridgehead atoms. The standard InChI is InChI=1S/C27H34N2O4/c1-19(32-26(2,3)4)23(29-25(31)33-27(5,6)7)24(30)28-22-17-15-21(16-18-22)14-13-20-11-9-8-10-12-20/h8-12,15-19,23H,1-7H3,(H,28,30)(H,29,31)/t19-,23+/m1/s1. The third kappa shape index (κ3) is 9.80. The van der Waals surface area contributed by atoms with Crippen molar-refractivity contribution in [2.24, 2.45) is 0 Å². The highest BCUT2D eigenvalue weighted by atomic mass is 16.6. The van der Waals surface area contributed by atoms with E-state index in [2.05, 4.69) is 22.5 Å². The predicted octanol–water partition coefficient (Wildman–Crippen LogP) is 5.12. The number of carbonyl (C=O) groups excluding carboxylic acids is 2. The molecule has 6 heteroatoms. The van der Waals surface area contributed by atoms with Gasteiger partial charge in [0.2, 0.25) is 5.91 Å². The molecule has 0 saturated heterocycles. The number of hydrogen-bond acceptors (Lipinski definition) is 4. The van der Waals surface area contributed by atoms with Gasteiger partial charge in [0, 0.05) is 16.8 Å². The number of nitrogens with one attached hydrogen (secondary N) is 2. The van der Waals surface area contributed by atoms with E-state index in [1.54, 1.807) is 39.8 Å². The van der Waals surface area contributed by atoms with E-state index in [-0.39, 0.29) is 0 Å². The van der Waals surface area contributed by atoms with Crippen LogP contribution in [-0.4, -0.2) is 35.3 Å². The van der Waals surface area contributed by atoms with Crippen LogP contribution in [0.5, 0.6) is 0 Å². The van der Waals surface area contributed by atoms with Crippen molar-refractivity contribution >= 4 is 17.7 Å². The third-order valence-electron chi connectivity index (χ3n) is 4.24. The average Bonchev–Trinajstić information content (AvgIpc) is 2.69. The minimum Gasteiger partial charge on any atom is -0.444 e. The van der Waals surface area contributed by atoms with Crippen LogP contribution in [0.4, 0.5) is 10.5 Å². The van der Waals surface area contributed by atoms with Crippen molar-refractivity contribution in [2.75, 3.05) is 5.32 Å². The molecule has 2 atom stereocenters. The summed E-state index contributed by atoms with van der Waals surface area (Å²) in [6.07, 6.45) is -1.27. The molecule has 0 aliphatic rings. The van der Waals surface area contributed by atoms with Crippen LogP contribution in [0.2, 0.25) is 0 Å². The Kier molecular flexibility index (Phi) is 8.67. The SMILES string of the molecule is C[C@@H](OC(C)(C)C)[C@H](NC(=O)OC(C)(C)C)C(=O)Nc1ccc(C#Cc2ccccc2)cc1. The van der Waals surface area contributed by atoms with Crippen LogP contribution >= 0.6 is 0 Å². The van der Waals surface area contributed by atoms with Gasteiger partial charge in [-0.25, -0.2) is 4.79 Å². The number of rotatable bonds is 5. The van der Waals surface area contributed by atoms with Crippen LogP contribution in [0.3, 0.4) is 0 Å². The summed E-state index contributed by atoms with van der Waals surface area (Å²) in [5.74, 6) is 5.80. The molecule has 0 spiro atoms. The molecule has 6 nitrogen and oxygen atoms in total. The molecule has 2 aromatic rings. The Hall–Kier alpha value is -3.30. The Morgan fingerprint density at radius 2 is 1.36 bits per heavy atom. The highest BCUT2D eigenvalue weighted by Gasteiger charge is 2.32. The Labute approximate surface area is 197 Å². The van der Waals surface area contributed by atoms with Crippen molar-refractivity contribution in [3.8, 4) is 11.8 Å². The first kappa shape index (κ1) is 26.0. The first-order valence-electron chi connectivity index (χ1n) is 11.0. The zero-order valence-corrected chi connectivity index (χ0v) is 20.5. The molecule has 0 unspecified atom stereocenters. The van der Waals surface area contributed by atoms with Crippen LogP contribution in [0.25, 0.3) is 0 Å². The molecular weight excluding hydrogens is 416 g/mol. The van der Waals surface area contributed by atoms with E-state index in [1.807, 2.05) is 63.2 Å². The van der Waals surface area contributed by atoms with E-state index in [0.29, 0.717) is 5.69 Å². The summed E-state index contributed by atoms with van der Waals surface area (Å²) in [6, 6.07) is 16.0. The van der Waals surface area contributed by atoms with Crippen LogP contribution in [-0.2, 0) is 14.3 Å².